The van der Waals surface area contributed by atoms with Gasteiger partial charge in [-0.25, -0.2) is 4.98 Å². The highest BCUT2D eigenvalue weighted by Gasteiger charge is 2.02. The van der Waals surface area contributed by atoms with E-state index in [9.17, 15) is 9.59 Å². The lowest BCUT2D eigenvalue weighted by Gasteiger charge is -2.00. The highest BCUT2D eigenvalue weighted by atomic mass is 16.2. The molecule has 1 N–H and O–H groups in total. The van der Waals surface area contributed by atoms with E-state index in [1.165, 1.54) is 30.2 Å². The van der Waals surface area contributed by atoms with Gasteiger partial charge in [-0.3, -0.25) is 14.2 Å². The minimum absolute atomic E-state index is 0.00565. The van der Waals surface area contributed by atoms with Crippen molar-refractivity contribution in [2.45, 2.75) is 6.92 Å². The molecule has 0 unspecified atom stereocenters. The number of hydrogen-bond acceptors (Lipinski definition) is 3. The zero-order valence-electron chi connectivity index (χ0n) is 6.65. The molecule has 5 nitrogen and oxygen atoms in total. The first-order valence-corrected chi connectivity index (χ1v) is 3.46. The van der Waals surface area contributed by atoms with Crippen LogP contribution in [-0.4, -0.2) is 27.9 Å². The van der Waals surface area contributed by atoms with Gasteiger partial charge in [0.25, 0.3) is 5.91 Å². The zero-order chi connectivity index (χ0) is 8.97. The number of rotatable bonds is 2. The van der Waals surface area contributed by atoms with Crippen molar-refractivity contribution in [3.8, 4) is 0 Å². The molecular weight excluding hydrogens is 158 g/mol. The van der Waals surface area contributed by atoms with E-state index >= 15 is 0 Å². The monoisotopic (exact) mass is 167 g/mol. The Kier molecular flexibility index (Phi) is 2.57. The molecule has 0 spiro atoms. The largest absolute Gasteiger partial charge is 0.347 e. The Labute approximate surface area is 69.4 Å². The normalized spacial score (nSPS) is 9.42. The number of hydrogen-bond donors (Lipinski definition) is 1. The average molecular weight is 167 g/mol. The maximum absolute atomic E-state index is 11.1. The van der Waals surface area contributed by atoms with Gasteiger partial charge in [-0.15, -0.1) is 0 Å². The summed E-state index contributed by atoms with van der Waals surface area (Å²) in [6, 6.07) is 0. The number of imidazole rings is 1. The molecule has 1 aromatic heterocycles. The molecule has 0 atom stereocenters. The van der Waals surface area contributed by atoms with E-state index in [2.05, 4.69) is 10.3 Å². The number of carbonyl (C=O) groups excluding carboxylic acids is 2. The van der Waals surface area contributed by atoms with E-state index in [1.54, 1.807) is 0 Å². The molecule has 1 rings (SSSR count). The van der Waals surface area contributed by atoms with Crippen molar-refractivity contribution in [2.24, 2.45) is 0 Å². The van der Waals surface area contributed by atoms with Crippen LogP contribution in [0.3, 0.4) is 0 Å². The first-order chi connectivity index (χ1) is 5.70. The maximum Gasteiger partial charge on any atom is 0.251 e. The van der Waals surface area contributed by atoms with Gasteiger partial charge in [0.2, 0.25) is 5.91 Å². The van der Waals surface area contributed by atoms with Crippen LogP contribution < -0.4 is 5.32 Å². The van der Waals surface area contributed by atoms with E-state index < -0.39 is 0 Å². The number of amides is 1. The summed E-state index contributed by atoms with van der Waals surface area (Å²) < 4.78 is 1.32. The molecule has 0 aliphatic carbocycles. The fourth-order valence-corrected chi connectivity index (χ4v) is 0.698. The van der Waals surface area contributed by atoms with Gasteiger partial charge in [-0.05, 0) is 0 Å². The van der Waals surface area contributed by atoms with Crippen LogP contribution in [0.4, 0.5) is 0 Å². The van der Waals surface area contributed by atoms with Gasteiger partial charge in [0.05, 0.1) is 6.54 Å². The third kappa shape index (κ3) is 2.19. The molecule has 0 bridgehead atoms. The Hall–Kier alpha value is -1.65. The van der Waals surface area contributed by atoms with Crippen LogP contribution >= 0.6 is 0 Å². The van der Waals surface area contributed by atoms with Crippen LogP contribution in [0.15, 0.2) is 18.7 Å². The minimum atomic E-state index is -0.219. The predicted octanol–water partition coefficient (Wildman–Crippen LogP) is -0.341. The highest BCUT2D eigenvalue weighted by Crippen LogP contribution is 1.84. The lowest BCUT2D eigenvalue weighted by Crippen LogP contribution is -2.29. The summed E-state index contributed by atoms with van der Waals surface area (Å²) in [7, 11) is 0. The Bertz CT molecular complexity index is 279. The number of nitrogens with zero attached hydrogens (tertiary/aromatic N) is 2. The maximum atomic E-state index is 11.1. The molecule has 0 radical (unpaired) electrons. The summed E-state index contributed by atoms with van der Waals surface area (Å²) in [5, 5.41) is 2.40. The molecule has 1 amide bonds. The molecule has 1 aromatic rings. The smallest absolute Gasteiger partial charge is 0.251 e. The number of nitrogens with one attached hydrogen (secondary N) is 1. The number of aromatic nitrogens is 2. The Morgan fingerprint density at radius 2 is 2.33 bits per heavy atom. The van der Waals surface area contributed by atoms with Crippen LogP contribution in [-0.2, 0) is 4.79 Å². The van der Waals surface area contributed by atoms with E-state index in [0.29, 0.717) is 0 Å². The zero-order valence-corrected chi connectivity index (χ0v) is 6.65. The van der Waals surface area contributed by atoms with Crippen molar-refractivity contribution in [2.75, 3.05) is 6.54 Å². The van der Waals surface area contributed by atoms with Crippen LogP contribution in [0.2, 0.25) is 0 Å². The summed E-state index contributed by atoms with van der Waals surface area (Å²) >= 11 is 0. The third-order valence-electron chi connectivity index (χ3n) is 1.28. The first-order valence-electron chi connectivity index (χ1n) is 3.46. The van der Waals surface area contributed by atoms with E-state index in [1.807, 2.05) is 0 Å². The topological polar surface area (TPSA) is 64.0 Å². The predicted molar refractivity (Wildman–Crippen MR) is 41.5 cm³/mol. The highest BCUT2D eigenvalue weighted by molar-refractivity contribution is 5.85. The van der Waals surface area contributed by atoms with E-state index in [4.69, 9.17) is 0 Å². The van der Waals surface area contributed by atoms with Gasteiger partial charge in [0.1, 0.15) is 6.33 Å². The minimum Gasteiger partial charge on any atom is -0.347 e. The summed E-state index contributed by atoms with van der Waals surface area (Å²) in [4.78, 5) is 25.2. The van der Waals surface area contributed by atoms with Crippen LogP contribution in [0.1, 0.15) is 11.7 Å². The summed E-state index contributed by atoms with van der Waals surface area (Å²) in [5.74, 6) is -0.425. The Balaban J connectivity index is 2.45. The van der Waals surface area contributed by atoms with Gasteiger partial charge in [0.15, 0.2) is 0 Å². The fourth-order valence-electron chi connectivity index (χ4n) is 0.698. The van der Waals surface area contributed by atoms with Gasteiger partial charge < -0.3 is 5.32 Å². The SMILES string of the molecule is CC(=O)NCC(=O)n1ccnc1. The molecular formula is C7H9N3O2. The molecule has 0 aliphatic heterocycles. The molecule has 0 saturated carbocycles. The number of carbonyl (C=O) groups is 2. The van der Waals surface area contributed by atoms with Crippen molar-refractivity contribution >= 4 is 11.8 Å². The van der Waals surface area contributed by atoms with Crippen molar-refractivity contribution in [3.05, 3.63) is 18.7 Å². The lowest BCUT2D eigenvalue weighted by molar-refractivity contribution is -0.118. The van der Waals surface area contributed by atoms with Crippen molar-refractivity contribution in [1.29, 1.82) is 0 Å². The van der Waals surface area contributed by atoms with Crippen LogP contribution in [0.5, 0.6) is 0 Å². The van der Waals surface area contributed by atoms with Gasteiger partial charge in [0, 0.05) is 19.3 Å². The van der Waals surface area contributed by atoms with Crippen LogP contribution in [0, 0.1) is 0 Å². The molecule has 64 valence electrons. The molecule has 0 aliphatic rings. The summed E-state index contributed by atoms with van der Waals surface area (Å²) in [6.45, 7) is 1.37. The van der Waals surface area contributed by atoms with Gasteiger partial charge in [-0.2, -0.15) is 0 Å². The van der Waals surface area contributed by atoms with Crippen LogP contribution in [0.25, 0.3) is 0 Å². The third-order valence-corrected chi connectivity index (χ3v) is 1.28. The second kappa shape index (κ2) is 3.66. The lowest BCUT2D eigenvalue weighted by atomic mass is 10.5. The summed E-state index contributed by atoms with van der Waals surface area (Å²) in [6.07, 6.45) is 4.43. The van der Waals surface area contributed by atoms with E-state index in [0.717, 1.165) is 0 Å². The fraction of sp³-hybridized carbons (Fsp3) is 0.286. The second-order valence-electron chi connectivity index (χ2n) is 2.27. The summed E-state index contributed by atoms with van der Waals surface area (Å²) in [5.41, 5.74) is 0. The molecule has 0 fully saturated rings. The molecule has 0 saturated heterocycles. The Morgan fingerprint density at radius 3 is 2.83 bits per heavy atom. The molecule has 5 heteroatoms. The molecule has 12 heavy (non-hydrogen) atoms. The van der Waals surface area contributed by atoms with Gasteiger partial charge in [-0.1, -0.05) is 0 Å². The van der Waals surface area contributed by atoms with E-state index in [-0.39, 0.29) is 18.4 Å². The quantitative estimate of drug-likeness (QED) is 0.655. The average Bonchev–Trinajstić information content (AvgIpc) is 2.51. The van der Waals surface area contributed by atoms with Crippen molar-refractivity contribution < 1.29 is 9.59 Å². The van der Waals surface area contributed by atoms with Crippen molar-refractivity contribution in [1.82, 2.24) is 14.9 Å². The first kappa shape index (κ1) is 8.45. The standard InChI is InChI=1S/C7H9N3O2/c1-6(11)9-4-7(12)10-3-2-8-5-10/h2-3,5H,4H2,1H3,(H,9,11). The van der Waals surface area contributed by atoms with Crippen molar-refractivity contribution in [3.63, 3.8) is 0 Å². The Morgan fingerprint density at radius 1 is 1.58 bits per heavy atom. The second-order valence-corrected chi connectivity index (χ2v) is 2.27. The molecule has 0 aromatic carbocycles. The van der Waals surface area contributed by atoms with Gasteiger partial charge >= 0.3 is 0 Å². The molecule has 1 heterocycles.